The SMILES string of the molecule is CCOC(=O)N1CCN(CC(=O)N(CC)Cc2ccccc2)CC1. The minimum Gasteiger partial charge on any atom is -0.450 e. The van der Waals surface area contributed by atoms with Crippen LogP contribution in [-0.2, 0) is 16.1 Å². The van der Waals surface area contributed by atoms with Gasteiger partial charge in [-0.3, -0.25) is 9.69 Å². The van der Waals surface area contributed by atoms with Gasteiger partial charge in [-0.15, -0.1) is 0 Å². The Balaban J connectivity index is 1.80. The highest BCUT2D eigenvalue weighted by Crippen LogP contribution is 2.08. The number of benzene rings is 1. The van der Waals surface area contributed by atoms with Gasteiger partial charge in [0.1, 0.15) is 0 Å². The molecule has 1 aliphatic rings. The van der Waals surface area contributed by atoms with E-state index in [1.165, 1.54) is 0 Å². The Kier molecular flexibility index (Phi) is 7.06. The summed E-state index contributed by atoms with van der Waals surface area (Å²) in [5.41, 5.74) is 1.14. The first-order valence-electron chi connectivity index (χ1n) is 8.59. The van der Waals surface area contributed by atoms with E-state index < -0.39 is 0 Å². The molecule has 0 unspecified atom stereocenters. The summed E-state index contributed by atoms with van der Waals surface area (Å²) in [4.78, 5) is 29.9. The molecule has 2 amide bonds. The number of amides is 2. The van der Waals surface area contributed by atoms with Gasteiger partial charge >= 0.3 is 6.09 Å². The van der Waals surface area contributed by atoms with Gasteiger partial charge in [-0.2, -0.15) is 0 Å². The lowest BCUT2D eigenvalue weighted by molar-refractivity contribution is -0.133. The lowest BCUT2D eigenvalue weighted by Crippen LogP contribution is -2.51. The number of hydrogen-bond donors (Lipinski definition) is 0. The van der Waals surface area contributed by atoms with Gasteiger partial charge in [0, 0.05) is 39.3 Å². The maximum atomic E-state index is 12.5. The molecule has 1 aromatic rings. The zero-order valence-electron chi connectivity index (χ0n) is 14.6. The van der Waals surface area contributed by atoms with Crippen molar-refractivity contribution in [3.63, 3.8) is 0 Å². The maximum Gasteiger partial charge on any atom is 0.409 e. The maximum absolute atomic E-state index is 12.5. The molecule has 1 aromatic carbocycles. The zero-order chi connectivity index (χ0) is 17.4. The van der Waals surface area contributed by atoms with E-state index >= 15 is 0 Å². The number of carbonyl (C=O) groups is 2. The number of nitrogens with zero attached hydrogens (tertiary/aromatic N) is 3. The van der Waals surface area contributed by atoms with Gasteiger partial charge in [-0.1, -0.05) is 30.3 Å². The summed E-state index contributed by atoms with van der Waals surface area (Å²) in [6, 6.07) is 10.0. The lowest BCUT2D eigenvalue weighted by Gasteiger charge is -2.34. The monoisotopic (exact) mass is 333 g/mol. The summed E-state index contributed by atoms with van der Waals surface area (Å²) in [5, 5.41) is 0. The Morgan fingerprint density at radius 3 is 2.33 bits per heavy atom. The quantitative estimate of drug-likeness (QED) is 0.797. The van der Waals surface area contributed by atoms with Gasteiger partial charge in [0.2, 0.25) is 5.91 Å². The van der Waals surface area contributed by atoms with Crippen LogP contribution < -0.4 is 0 Å². The molecular formula is C18H27N3O3. The highest BCUT2D eigenvalue weighted by Gasteiger charge is 2.24. The predicted molar refractivity (Wildman–Crippen MR) is 92.6 cm³/mol. The van der Waals surface area contributed by atoms with E-state index in [1.807, 2.05) is 42.2 Å². The molecule has 1 saturated heterocycles. The van der Waals surface area contributed by atoms with Gasteiger partial charge in [-0.25, -0.2) is 4.79 Å². The normalized spacial score (nSPS) is 15.2. The van der Waals surface area contributed by atoms with Crippen molar-refractivity contribution in [3.8, 4) is 0 Å². The molecule has 1 fully saturated rings. The minimum absolute atomic E-state index is 0.130. The van der Waals surface area contributed by atoms with Crippen molar-refractivity contribution in [1.82, 2.24) is 14.7 Å². The van der Waals surface area contributed by atoms with Crippen molar-refractivity contribution >= 4 is 12.0 Å². The molecule has 0 aromatic heterocycles. The Bertz CT molecular complexity index is 528. The Morgan fingerprint density at radius 2 is 1.75 bits per heavy atom. The number of piperazine rings is 1. The van der Waals surface area contributed by atoms with Crippen LogP contribution in [0.4, 0.5) is 4.79 Å². The second kappa shape index (κ2) is 9.27. The third-order valence-electron chi connectivity index (χ3n) is 4.21. The van der Waals surface area contributed by atoms with Crippen LogP contribution >= 0.6 is 0 Å². The molecule has 0 aliphatic carbocycles. The van der Waals surface area contributed by atoms with E-state index in [4.69, 9.17) is 4.74 Å². The van der Waals surface area contributed by atoms with Crippen LogP contribution in [0, 0.1) is 0 Å². The molecule has 0 bridgehead atoms. The molecule has 0 saturated carbocycles. The van der Waals surface area contributed by atoms with Crippen molar-refractivity contribution in [1.29, 1.82) is 0 Å². The third-order valence-corrected chi connectivity index (χ3v) is 4.21. The molecule has 1 aliphatic heterocycles. The first-order chi connectivity index (χ1) is 11.6. The number of hydrogen-bond acceptors (Lipinski definition) is 4. The molecule has 0 atom stereocenters. The smallest absolute Gasteiger partial charge is 0.409 e. The number of rotatable bonds is 6. The van der Waals surface area contributed by atoms with Gasteiger partial charge in [0.25, 0.3) is 0 Å². The Hall–Kier alpha value is -2.08. The van der Waals surface area contributed by atoms with Gasteiger partial charge < -0.3 is 14.5 Å². The molecule has 6 nitrogen and oxygen atoms in total. The highest BCUT2D eigenvalue weighted by molar-refractivity contribution is 5.78. The third kappa shape index (κ3) is 5.23. The van der Waals surface area contributed by atoms with E-state index in [1.54, 1.807) is 11.8 Å². The summed E-state index contributed by atoms with van der Waals surface area (Å²) < 4.78 is 5.01. The van der Waals surface area contributed by atoms with Gasteiger partial charge in [0.05, 0.1) is 13.2 Å². The molecule has 132 valence electrons. The number of likely N-dealkylation sites (N-methyl/N-ethyl adjacent to an activating group) is 1. The van der Waals surface area contributed by atoms with E-state index in [9.17, 15) is 9.59 Å². The van der Waals surface area contributed by atoms with Crippen LogP contribution in [0.5, 0.6) is 0 Å². The molecular weight excluding hydrogens is 306 g/mol. The van der Waals surface area contributed by atoms with Crippen molar-refractivity contribution in [2.24, 2.45) is 0 Å². The van der Waals surface area contributed by atoms with Crippen LogP contribution in [-0.4, -0.2) is 72.6 Å². The summed E-state index contributed by atoms with van der Waals surface area (Å²) in [6.45, 7) is 8.54. The minimum atomic E-state index is -0.261. The second-order valence-corrected chi connectivity index (χ2v) is 5.86. The fourth-order valence-electron chi connectivity index (χ4n) is 2.77. The zero-order valence-corrected chi connectivity index (χ0v) is 14.6. The van der Waals surface area contributed by atoms with Crippen LogP contribution in [0.3, 0.4) is 0 Å². The van der Waals surface area contributed by atoms with Gasteiger partial charge in [-0.05, 0) is 19.4 Å². The van der Waals surface area contributed by atoms with Crippen molar-refractivity contribution in [2.75, 3.05) is 45.9 Å². The van der Waals surface area contributed by atoms with Crippen LogP contribution in [0.2, 0.25) is 0 Å². The molecule has 0 radical (unpaired) electrons. The average Bonchev–Trinajstić information content (AvgIpc) is 2.61. The van der Waals surface area contributed by atoms with Crippen molar-refractivity contribution < 1.29 is 14.3 Å². The average molecular weight is 333 g/mol. The van der Waals surface area contributed by atoms with E-state index in [0.29, 0.717) is 52.4 Å². The second-order valence-electron chi connectivity index (χ2n) is 5.86. The lowest BCUT2D eigenvalue weighted by atomic mass is 10.2. The molecule has 6 heteroatoms. The van der Waals surface area contributed by atoms with Crippen molar-refractivity contribution in [3.05, 3.63) is 35.9 Å². The van der Waals surface area contributed by atoms with E-state index in [2.05, 4.69) is 4.90 Å². The standard InChI is InChI=1S/C18H27N3O3/c1-3-20(14-16-8-6-5-7-9-16)17(22)15-19-10-12-21(13-11-19)18(23)24-4-2/h5-9H,3-4,10-15H2,1-2H3. The van der Waals surface area contributed by atoms with Crippen LogP contribution in [0.15, 0.2) is 30.3 Å². The Morgan fingerprint density at radius 1 is 1.08 bits per heavy atom. The molecule has 0 spiro atoms. The summed E-state index contributed by atoms with van der Waals surface area (Å²) >= 11 is 0. The Labute approximate surface area is 144 Å². The predicted octanol–water partition coefficient (Wildman–Crippen LogP) is 1.81. The summed E-state index contributed by atoms with van der Waals surface area (Å²) in [6.07, 6.45) is -0.261. The number of carbonyl (C=O) groups excluding carboxylic acids is 2. The van der Waals surface area contributed by atoms with Crippen LogP contribution in [0.25, 0.3) is 0 Å². The van der Waals surface area contributed by atoms with Crippen molar-refractivity contribution in [2.45, 2.75) is 20.4 Å². The van der Waals surface area contributed by atoms with E-state index in [0.717, 1.165) is 5.56 Å². The van der Waals surface area contributed by atoms with E-state index in [-0.39, 0.29) is 12.0 Å². The van der Waals surface area contributed by atoms with Gasteiger partial charge in [0.15, 0.2) is 0 Å². The van der Waals surface area contributed by atoms with Crippen LogP contribution in [0.1, 0.15) is 19.4 Å². The molecule has 24 heavy (non-hydrogen) atoms. The first kappa shape index (κ1) is 18.3. The number of ether oxygens (including phenoxy) is 1. The highest BCUT2D eigenvalue weighted by atomic mass is 16.6. The molecule has 1 heterocycles. The summed E-state index contributed by atoms with van der Waals surface area (Å²) in [7, 11) is 0. The topological polar surface area (TPSA) is 53.1 Å². The fraction of sp³-hybridized carbons (Fsp3) is 0.556. The first-order valence-corrected chi connectivity index (χ1v) is 8.59. The fourth-order valence-corrected chi connectivity index (χ4v) is 2.77. The molecule has 2 rings (SSSR count). The molecule has 0 N–H and O–H groups in total. The largest absolute Gasteiger partial charge is 0.450 e. The summed E-state index contributed by atoms with van der Waals surface area (Å²) in [5.74, 6) is 0.130.